The molecule has 1 aliphatic rings. The summed E-state index contributed by atoms with van der Waals surface area (Å²) in [5, 5.41) is 0. The number of nitrogens with zero attached hydrogens (tertiary/aromatic N) is 3. The predicted molar refractivity (Wildman–Crippen MR) is 83.8 cm³/mol. The maximum atomic E-state index is 12.9. The van der Waals surface area contributed by atoms with Gasteiger partial charge in [0.1, 0.15) is 5.69 Å². The largest absolute Gasteiger partial charge is 0.327 e. The Kier molecular flexibility index (Phi) is 4.01. The monoisotopic (exact) mass is 345 g/mol. The molecule has 21 heavy (non-hydrogen) atoms. The molecule has 1 fully saturated rings. The first-order valence-corrected chi connectivity index (χ1v) is 7.81. The van der Waals surface area contributed by atoms with Crippen LogP contribution in [0.3, 0.4) is 0 Å². The third kappa shape index (κ3) is 2.97. The first kappa shape index (κ1) is 14.2. The van der Waals surface area contributed by atoms with Gasteiger partial charge >= 0.3 is 0 Å². The van der Waals surface area contributed by atoms with Crippen molar-refractivity contribution < 1.29 is 4.79 Å². The Morgan fingerprint density at radius 3 is 2.71 bits per heavy atom. The quantitative estimate of drug-likeness (QED) is 0.850. The first-order chi connectivity index (χ1) is 10.2. The lowest BCUT2D eigenvalue weighted by molar-refractivity contribution is 0.0666. The van der Waals surface area contributed by atoms with E-state index in [9.17, 15) is 4.79 Å². The number of carbonyl (C=O) groups excluding carboxylic acids is 1. The van der Waals surface area contributed by atoms with Crippen molar-refractivity contribution in [1.82, 2.24) is 14.9 Å². The Bertz CT molecular complexity index is 643. The van der Waals surface area contributed by atoms with Crippen LogP contribution in [0.4, 0.5) is 0 Å². The molecule has 0 aliphatic heterocycles. The summed E-state index contributed by atoms with van der Waals surface area (Å²) in [6, 6.07) is 7.87. The number of pyridine rings is 2. The van der Waals surface area contributed by atoms with Gasteiger partial charge in [-0.3, -0.25) is 9.78 Å². The van der Waals surface area contributed by atoms with Gasteiger partial charge < -0.3 is 4.90 Å². The van der Waals surface area contributed by atoms with Crippen molar-refractivity contribution in [3.8, 4) is 0 Å². The van der Waals surface area contributed by atoms with Crippen LogP contribution in [0.25, 0.3) is 0 Å². The molecule has 0 saturated heterocycles. The van der Waals surface area contributed by atoms with E-state index in [0.717, 1.165) is 22.9 Å². The number of aromatic nitrogens is 2. The summed E-state index contributed by atoms with van der Waals surface area (Å²) in [4.78, 5) is 23.2. The highest BCUT2D eigenvalue weighted by Gasteiger charge is 2.37. The molecule has 1 atom stereocenters. The van der Waals surface area contributed by atoms with Crippen LogP contribution in [-0.2, 0) is 0 Å². The van der Waals surface area contributed by atoms with Gasteiger partial charge in [0.05, 0.1) is 6.04 Å². The molecule has 1 aliphatic carbocycles. The Labute approximate surface area is 132 Å². The summed E-state index contributed by atoms with van der Waals surface area (Å²) in [5.41, 5.74) is 1.52. The molecule has 0 aromatic carbocycles. The van der Waals surface area contributed by atoms with E-state index >= 15 is 0 Å². The van der Waals surface area contributed by atoms with E-state index in [0.29, 0.717) is 11.7 Å². The number of amides is 1. The number of hydrogen-bond donors (Lipinski definition) is 0. The standard InChI is InChI=1S/C16H16BrN3O/c1-11(12-4-2-8-18-10-12)20(13-6-7-13)16(21)15-14(17)5-3-9-19-15/h2-5,8-11,13H,6-7H2,1H3/t11-/m0/s1. The topological polar surface area (TPSA) is 46.1 Å². The summed E-state index contributed by atoms with van der Waals surface area (Å²) >= 11 is 3.42. The van der Waals surface area contributed by atoms with E-state index in [2.05, 4.69) is 25.9 Å². The third-order valence-corrected chi connectivity index (χ3v) is 4.36. The highest BCUT2D eigenvalue weighted by Crippen LogP contribution is 2.35. The van der Waals surface area contributed by atoms with E-state index in [1.54, 1.807) is 12.4 Å². The fourth-order valence-electron chi connectivity index (χ4n) is 2.46. The predicted octanol–water partition coefficient (Wildman–Crippen LogP) is 3.60. The number of halogens is 1. The Hall–Kier alpha value is -1.75. The van der Waals surface area contributed by atoms with Crippen LogP contribution >= 0.6 is 15.9 Å². The molecule has 3 rings (SSSR count). The molecule has 2 aromatic rings. The minimum Gasteiger partial charge on any atom is -0.327 e. The van der Waals surface area contributed by atoms with Crippen molar-refractivity contribution in [2.24, 2.45) is 0 Å². The van der Waals surface area contributed by atoms with Crippen LogP contribution in [0, 0.1) is 0 Å². The zero-order valence-electron chi connectivity index (χ0n) is 11.7. The molecule has 0 N–H and O–H groups in total. The van der Waals surface area contributed by atoms with Crippen molar-refractivity contribution in [2.45, 2.75) is 31.8 Å². The molecular formula is C16H16BrN3O. The summed E-state index contributed by atoms with van der Waals surface area (Å²) in [5.74, 6) is -0.0265. The molecule has 2 heterocycles. The molecule has 0 bridgehead atoms. The van der Waals surface area contributed by atoms with E-state index < -0.39 is 0 Å². The highest BCUT2D eigenvalue weighted by atomic mass is 79.9. The molecule has 0 spiro atoms. The lowest BCUT2D eigenvalue weighted by Crippen LogP contribution is -2.36. The maximum Gasteiger partial charge on any atom is 0.274 e. The molecule has 5 heteroatoms. The average molecular weight is 346 g/mol. The van der Waals surface area contributed by atoms with Gasteiger partial charge in [-0.25, -0.2) is 4.98 Å². The summed E-state index contributed by atoms with van der Waals surface area (Å²) in [7, 11) is 0. The lowest BCUT2D eigenvalue weighted by Gasteiger charge is -2.29. The maximum absolute atomic E-state index is 12.9. The Morgan fingerprint density at radius 2 is 2.10 bits per heavy atom. The van der Waals surface area contributed by atoms with Gasteiger partial charge in [0.2, 0.25) is 0 Å². The minimum atomic E-state index is -0.0265. The van der Waals surface area contributed by atoms with Crippen molar-refractivity contribution >= 4 is 21.8 Å². The van der Waals surface area contributed by atoms with Crippen molar-refractivity contribution in [2.75, 3.05) is 0 Å². The average Bonchev–Trinajstić information content (AvgIpc) is 3.33. The second-order valence-corrected chi connectivity index (χ2v) is 6.09. The van der Waals surface area contributed by atoms with Gasteiger partial charge in [0.15, 0.2) is 0 Å². The lowest BCUT2D eigenvalue weighted by atomic mass is 10.1. The zero-order chi connectivity index (χ0) is 14.8. The summed E-state index contributed by atoms with van der Waals surface area (Å²) in [6.07, 6.45) is 7.33. The smallest absolute Gasteiger partial charge is 0.274 e. The van der Waals surface area contributed by atoms with Gasteiger partial charge in [-0.2, -0.15) is 0 Å². The fraction of sp³-hybridized carbons (Fsp3) is 0.312. The van der Waals surface area contributed by atoms with Crippen LogP contribution in [0.1, 0.15) is 41.9 Å². The van der Waals surface area contributed by atoms with Crippen molar-refractivity contribution in [1.29, 1.82) is 0 Å². The summed E-state index contributed by atoms with van der Waals surface area (Å²) < 4.78 is 0.735. The first-order valence-electron chi connectivity index (χ1n) is 7.01. The van der Waals surface area contributed by atoms with Crippen LogP contribution in [-0.4, -0.2) is 26.8 Å². The molecule has 2 aromatic heterocycles. The van der Waals surface area contributed by atoms with Crippen LogP contribution < -0.4 is 0 Å². The molecule has 4 nitrogen and oxygen atoms in total. The summed E-state index contributed by atoms with van der Waals surface area (Å²) in [6.45, 7) is 2.05. The number of hydrogen-bond acceptors (Lipinski definition) is 3. The van der Waals surface area contributed by atoms with Crippen molar-refractivity contribution in [3.05, 3.63) is 58.6 Å². The van der Waals surface area contributed by atoms with Gasteiger partial charge in [0.25, 0.3) is 5.91 Å². The number of rotatable bonds is 4. The number of carbonyl (C=O) groups is 1. The molecule has 0 radical (unpaired) electrons. The normalized spacial score (nSPS) is 15.5. The van der Waals surface area contributed by atoms with Gasteiger partial charge in [0, 0.05) is 29.1 Å². The zero-order valence-corrected chi connectivity index (χ0v) is 13.3. The van der Waals surface area contributed by atoms with E-state index in [4.69, 9.17) is 0 Å². The van der Waals surface area contributed by atoms with Crippen LogP contribution in [0.2, 0.25) is 0 Å². The van der Waals surface area contributed by atoms with E-state index in [-0.39, 0.29) is 11.9 Å². The SMILES string of the molecule is C[C@@H](c1cccnc1)N(C(=O)c1ncccc1Br)C1CC1. The molecule has 0 unspecified atom stereocenters. The van der Waals surface area contributed by atoms with E-state index in [1.807, 2.05) is 42.3 Å². The van der Waals surface area contributed by atoms with Crippen LogP contribution in [0.5, 0.6) is 0 Å². The Morgan fingerprint density at radius 1 is 1.33 bits per heavy atom. The van der Waals surface area contributed by atoms with E-state index in [1.165, 1.54) is 0 Å². The Balaban J connectivity index is 1.92. The third-order valence-electron chi connectivity index (χ3n) is 3.72. The van der Waals surface area contributed by atoms with Gasteiger partial charge in [-0.15, -0.1) is 0 Å². The minimum absolute atomic E-state index is 0.00685. The van der Waals surface area contributed by atoms with Crippen LogP contribution in [0.15, 0.2) is 47.3 Å². The van der Waals surface area contributed by atoms with Crippen molar-refractivity contribution in [3.63, 3.8) is 0 Å². The van der Waals surface area contributed by atoms with Gasteiger partial charge in [-0.1, -0.05) is 6.07 Å². The highest BCUT2D eigenvalue weighted by molar-refractivity contribution is 9.10. The molecule has 1 amide bonds. The second kappa shape index (κ2) is 5.93. The molecule has 108 valence electrons. The molecular weight excluding hydrogens is 330 g/mol. The van der Waals surface area contributed by atoms with Gasteiger partial charge in [-0.05, 0) is 59.5 Å². The second-order valence-electron chi connectivity index (χ2n) is 5.24. The fourth-order valence-corrected chi connectivity index (χ4v) is 2.88. The molecule has 1 saturated carbocycles.